The summed E-state index contributed by atoms with van der Waals surface area (Å²) < 4.78 is 26.5. The second-order valence-corrected chi connectivity index (χ2v) is 5.60. The van der Waals surface area contributed by atoms with Crippen LogP contribution in [0.4, 0.5) is 5.69 Å². The normalized spacial score (nSPS) is 11.2. The molecule has 0 saturated heterocycles. The lowest BCUT2D eigenvalue weighted by atomic mass is 10.4. The molecule has 0 aliphatic rings. The summed E-state index contributed by atoms with van der Waals surface area (Å²) in [5, 5.41) is -0.0496. The largest absolute Gasteiger partial charge is 0.278 e. The van der Waals surface area contributed by atoms with Crippen molar-refractivity contribution in [2.24, 2.45) is 0 Å². The van der Waals surface area contributed by atoms with Gasteiger partial charge in [0.05, 0.1) is 11.9 Å². The Bertz CT molecular complexity index is 659. The number of rotatable bonds is 3. The third-order valence-corrected chi connectivity index (χ3v) is 3.97. The molecule has 0 fully saturated rings. The smallest absolute Gasteiger partial charge is 0.265 e. The lowest BCUT2D eigenvalue weighted by Crippen LogP contribution is -2.14. The highest BCUT2D eigenvalue weighted by Crippen LogP contribution is 2.21. The van der Waals surface area contributed by atoms with Crippen LogP contribution < -0.4 is 4.72 Å². The first kappa shape index (κ1) is 12.8. The number of hydrogen-bond acceptors (Lipinski definition) is 4. The topological polar surface area (TPSA) is 72.0 Å². The van der Waals surface area contributed by atoms with Gasteiger partial charge in [0.15, 0.2) is 0 Å². The van der Waals surface area contributed by atoms with Crippen LogP contribution in [0.15, 0.2) is 41.6 Å². The molecule has 94 valence electrons. The highest BCUT2D eigenvalue weighted by atomic mass is 35.5. The Labute approximate surface area is 110 Å². The summed E-state index contributed by atoms with van der Waals surface area (Å²) in [4.78, 5) is 7.68. The van der Waals surface area contributed by atoms with Crippen molar-refractivity contribution in [1.82, 2.24) is 9.97 Å². The number of aromatic nitrogens is 2. The fourth-order valence-corrected chi connectivity index (χ4v) is 2.90. The van der Waals surface area contributed by atoms with E-state index < -0.39 is 10.0 Å². The highest BCUT2D eigenvalue weighted by molar-refractivity contribution is 7.92. The predicted octanol–water partition coefficient (Wildman–Crippen LogP) is 2.24. The van der Waals surface area contributed by atoms with E-state index in [1.165, 1.54) is 12.3 Å². The number of hydrogen-bond donors (Lipinski definition) is 1. The zero-order chi connectivity index (χ0) is 13.2. The second-order valence-electron chi connectivity index (χ2n) is 3.59. The fraction of sp³-hybridized carbons (Fsp3) is 0.0909. The van der Waals surface area contributed by atoms with E-state index in [1.807, 2.05) is 0 Å². The van der Waals surface area contributed by atoms with Crippen LogP contribution in [0.1, 0.15) is 5.69 Å². The van der Waals surface area contributed by atoms with Crippen LogP contribution in [-0.2, 0) is 10.0 Å². The van der Waals surface area contributed by atoms with Crippen molar-refractivity contribution in [3.63, 3.8) is 0 Å². The standard InChI is InChI=1S/C11H10ClN3O2S/c1-8-4-5-10(11(12)14-8)18(16,17)15-9-3-2-6-13-7-9/h2-7,15H,1H3. The first-order valence-corrected chi connectivity index (χ1v) is 6.91. The lowest BCUT2D eigenvalue weighted by Gasteiger charge is -2.08. The van der Waals surface area contributed by atoms with Crippen molar-refractivity contribution in [2.45, 2.75) is 11.8 Å². The van der Waals surface area contributed by atoms with Crippen molar-refractivity contribution < 1.29 is 8.42 Å². The third kappa shape index (κ3) is 2.77. The zero-order valence-electron chi connectivity index (χ0n) is 9.46. The van der Waals surface area contributed by atoms with E-state index in [-0.39, 0.29) is 10.0 Å². The van der Waals surface area contributed by atoms with Gasteiger partial charge in [-0.25, -0.2) is 13.4 Å². The molecular formula is C11H10ClN3O2S. The van der Waals surface area contributed by atoms with Gasteiger partial charge in [-0.05, 0) is 31.2 Å². The molecule has 0 aliphatic heterocycles. The number of sulfonamides is 1. The SMILES string of the molecule is Cc1ccc(S(=O)(=O)Nc2cccnc2)c(Cl)n1. The summed E-state index contributed by atoms with van der Waals surface area (Å²) in [5.41, 5.74) is 1.02. The molecule has 2 aromatic rings. The number of nitrogens with one attached hydrogen (secondary N) is 1. The van der Waals surface area contributed by atoms with E-state index in [1.54, 1.807) is 31.3 Å². The van der Waals surface area contributed by atoms with Gasteiger partial charge in [0.1, 0.15) is 10.0 Å². The van der Waals surface area contributed by atoms with Crippen LogP contribution in [0.25, 0.3) is 0 Å². The van der Waals surface area contributed by atoms with Crippen molar-refractivity contribution >= 4 is 27.3 Å². The summed E-state index contributed by atoms with van der Waals surface area (Å²) in [5.74, 6) is 0. The first-order chi connectivity index (χ1) is 8.49. The summed E-state index contributed by atoms with van der Waals surface area (Å²) in [7, 11) is -3.75. The number of pyridine rings is 2. The lowest BCUT2D eigenvalue weighted by molar-refractivity contribution is 0.601. The second kappa shape index (κ2) is 4.91. The Morgan fingerprint density at radius 3 is 2.67 bits per heavy atom. The van der Waals surface area contributed by atoms with E-state index in [4.69, 9.17) is 11.6 Å². The van der Waals surface area contributed by atoms with Gasteiger partial charge >= 0.3 is 0 Å². The van der Waals surface area contributed by atoms with Crippen LogP contribution in [-0.4, -0.2) is 18.4 Å². The summed E-state index contributed by atoms with van der Waals surface area (Å²) in [6.45, 7) is 1.73. The molecule has 2 heterocycles. The first-order valence-electron chi connectivity index (χ1n) is 5.05. The molecule has 0 radical (unpaired) electrons. The van der Waals surface area contributed by atoms with Gasteiger partial charge < -0.3 is 0 Å². The average molecular weight is 284 g/mol. The van der Waals surface area contributed by atoms with Crippen molar-refractivity contribution in [3.05, 3.63) is 47.5 Å². The minimum Gasteiger partial charge on any atom is -0.278 e. The number of aryl methyl sites for hydroxylation is 1. The maximum atomic E-state index is 12.1. The van der Waals surface area contributed by atoms with Crippen molar-refractivity contribution in [3.8, 4) is 0 Å². The highest BCUT2D eigenvalue weighted by Gasteiger charge is 2.18. The van der Waals surface area contributed by atoms with E-state index in [0.29, 0.717) is 11.4 Å². The van der Waals surface area contributed by atoms with Gasteiger partial charge in [-0.3, -0.25) is 9.71 Å². The minimum atomic E-state index is -3.75. The molecule has 0 amide bonds. The van der Waals surface area contributed by atoms with Crippen LogP contribution in [0, 0.1) is 6.92 Å². The molecule has 7 heteroatoms. The quantitative estimate of drug-likeness (QED) is 0.877. The maximum absolute atomic E-state index is 12.1. The van der Waals surface area contributed by atoms with Gasteiger partial charge in [0, 0.05) is 11.9 Å². The van der Waals surface area contributed by atoms with Gasteiger partial charge in [-0.15, -0.1) is 0 Å². The van der Waals surface area contributed by atoms with Crippen molar-refractivity contribution in [2.75, 3.05) is 4.72 Å². The van der Waals surface area contributed by atoms with E-state index in [0.717, 1.165) is 0 Å². The van der Waals surface area contributed by atoms with E-state index >= 15 is 0 Å². The number of halogens is 1. The Kier molecular flexibility index (Phi) is 3.49. The molecule has 0 bridgehead atoms. The summed E-state index contributed by atoms with van der Waals surface area (Å²) in [6, 6.07) is 6.24. The number of anilines is 1. The van der Waals surface area contributed by atoms with Gasteiger partial charge in [-0.1, -0.05) is 11.6 Å². The van der Waals surface area contributed by atoms with Gasteiger partial charge in [-0.2, -0.15) is 0 Å². The predicted molar refractivity (Wildman–Crippen MR) is 69.0 cm³/mol. The molecule has 18 heavy (non-hydrogen) atoms. The van der Waals surface area contributed by atoms with Crippen LogP contribution >= 0.6 is 11.6 Å². The van der Waals surface area contributed by atoms with E-state index in [9.17, 15) is 8.42 Å². The molecular weight excluding hydrogens is 274 g/mol. The molecule has 0 unspecified atom stereocenters. The molecule has 0 aromatic carbocycles. The summed E-state index contributed by atoms with van der Waals surface area (Å²) in [6.07, 6.45) is 2.96. The van der Waals surface area contributed by atoms with Crippen LogP contribution in [0.5, 0.6) is 0 Å². The molecule has 0 spiro atoms. The molecule has 1 N–H and O–H groups in total. The Hall–Kier alpha value is -1.66. The molecule has 2 aromatic heterocycles. The van der Waals surface area contributed by atoms with Gasteiger partial charge in [0.25, 0.3) is 10.0 Å². The molecule has 5 nitrogen and oxygen atoms in total. The third-order valence-electron chi connectivity index (χ3n) is 2.16. The Morgan fingerprint density at radius 1 is 1.28 bits per heavy atom. The maximum Gasteiger partial charge on any atom is 0.265 e. The van der Waals surface area contributed by atoms with Crippen molar-refractivity contribution in [1.29, 1.82) is 0 Å². The zero-order valence-corrected chi connectivity index (χ0v) is 11.0. The molecule has 0 saturated carbocycles. The van der Waals surface area contributed by atoms with Crippen LogP contribution in [0.3, 0.4) is 0 Å². The monoisotopic (exact) mass is 283 g/mol. The summed E-state index contributed by atoms with van der Waals surface area (Å²) >= 11 is 5.83. The average Bonchev–Trinajstić information content (AvgIpc) is 2.29. The molecule has 2 rings (SSSR count). The number of nitrogens with zero attached hydrogens (tertiary/aromatic N) is 2. The Balaban J connectivity index is 2.37. The minimum absolute atomic E-state index is 0.0496. The molecule has 0 atom stereocenters. The van der Waals surface area contributed by atoms with E-state index in [2.05, 4.69) is 14.7 Å². The molecule has 0 aliphatic carbocycles. The fourth-order valence-electron chi connectivity index (χ4n) is 1.35. The van der Waals surface area contributed by atoms with Crippen LogP contribution in [0.2, 0.25) is 5.15 Å². The van der Waals surface area contributed by atoms with Gasteiger partial charge in [0.2, 0.25) is 0 Å². The Morgan fingerprint density at radius 2 is 2.06 bits per heavy atom.